The molecule has 0 fully saturated rings. The number of ether oxygens (including phenoxy) is 1. The largest absolute Gasteiger partial charge is 0.465 e. The Bertz CT molecular complexity index is 786. The SMILES string of the molecule is COC(=O)c1cc(Nc2ncc(C)c(NC(CCF)CCF)n2)ccc1Br. The highest BCUT2D eigenvalue weighted by atomic mass is 79.9. The standard InChI is InChI=1S/C18H21BrF2N4O2/c1-11-10-22-18(25-16(11)23-12(5-7-20)6-8-21)24-13-3-4-15(19)14(9-13)17(26)27-2/h3-4,9-10,12H,5-8H2,1-2H3,(H2,22,23,24,25). The van der Waals surface area contributed by atoms with Gasteiger partial charge in [0.25, 0.3) is 0 Å². The molecule has 0 aliphatic heterocycles. The van der Waals surface area contributed by atoms with Crippen LogP contribution >= 0.6 is 15.9 Å². The maximum Gasteiger partial charge on any atom is 0.339 e. The van der Waals surface area contributed by atoms with E-state index < -0.39 is 19.3 Å². The van der Waals surface area contributed by atoms with Gasteiger partial charge in [0.1, 0.15) is 5.82 Å². The average molecular weight is 443 g/mol. The molecule has 2 rings (SSSR count). The summed E-state index contributed by atoms with van der Waals surface area (Å²) in [6.07, 6.45) is 2.01. The van der Waals surface area contributed by atoms with E-state index in [1.807, 2.05) is 6.92 Å². The van der Waals surface area contributed by atoms with E-state index in [-0.39, 0.29) is 18.9 Å². The Labute approximate surface area is 164 Å². The van der Waals surface area contributed by atoms with Crippen LogP contribution in [0.2, 0.25) is 0 Å². The number of nitrogens with zero attached hydrogens (tertiary/aromatic N) is 2. The Morgan fingerprint density at radius 2 is 2.00 bits per heavy atom. The number of benzene rings is 1. The molecule has 146 valence electrons. The number of aryl methyl sites for hydroxylation is 1. The summed E-state index contributed by atoms with van der Waals surface area (Å²) in [6.45, 7) is 0.729. The molecule has 0 saturated carbocycles. The van der Waals surface area contributed by atoms with Gasteiger partial charge < -0.3 is 15.4 Å². The lowest BCUT2D eigenvalue weighted by atomic mass is 10.1. The highest BCUT2D eigenvalue weighted by Crippen LogP contribution is 2.24. The summed E-state index contributed by atoms with van der Waals surface area (Å²) in [5.41, 5.74) is 1.71. The predicted octanol–water partition coefficient (Wildman–Crippen LogP) is 4.58. The molecular weight excluding hydrogens is 422 g/mol. The molecule has 0 atom stereocenters. The molecule has 1 heterocycles. The fraction of sp³-hybridized carbons (Fsp3) is 0.389. The summed E-state index contributed by atoms with van der Waals surface area (Å²) < 4.78 is 30.7. The number of halogens is 3. The molecule has 1 aromatic carbocycles. The molecule has 0 aliphatic carbocycles. The third-order valence-corrected chi connectivity index (χ3v) is 4.55. The molecule has 1 aromatic heterocycles. The average Bonchev–Trinajstić information content (AvgIpc) is 2.65. The van der Waals surface area contributed by atoms with Crippen LogP contribution in [-0.2, 0) is 4.74 Å². The lowest BCUT2D eigenvalue weighted by molar-refractivity contribution is 0.0599. The van der Waals surface area contributed by atoms with Crippen molar-refractivity contribution in [2.75, 3.05) is 31.1 Å². The number of esters is 1. The van der Waals surface area contributed by atoms with E-state index in [4.69, 9.17) is 4.74 Å². The third kappa shape index (κ3) is 5.85. The van der Waals surface area contributed by atoms with Crippen LogP contribution in [0.15, 0.2) is 28.9 Å². The molecule has 0 unspecified atom stereocenters. The second-order valence-electron chi connectivity index (χ2n) is 5.83. The molecule has 9 heteroatoms. The zero-order valence-corrected chi connectivity index (χ0v) is 16.6. The maximum absolute atomic E-state index is 12.7. The van der Waals surface area contributed by atoms with Crippen molar-refractivity contribution in [2.45, 2.75) is 25.8 Å². The second-order valence-corrected chi connectivity index (χ2v) is 6.69. The zero-order chi connectivity index (χ0) is 19.8. The van der Waals surface area contributed by atoms with Crippen molar-refractivity contribution >= 4 is 39.4 Å². The zero-order valence-electron chi connectivity index (χ0n) is 15.1. The molecule has 0 radical (unpaired) electrons. The number of aromatic nitrogens is 2. The molecule has 0 spiro atoms. The highest BCUT2D eigenvalue weighted by molar-refractivity contribution is 9.10. The normalized spacial score (nSPS) is 10.7. The molecule has 6 nitrogen and oxygen atoms in total. The summed E-state index contributed by atoms with van der Waals surface area (Å²) in [4.78, 5) is 20.4. The predicted molar refractivity (Wildman–Crippen MR) is 104 cm³/mol. The molecule has 2 N–H and O–H groups in total. The number of anilines is 3. The number of hydrogen-bond donors (Lipinski definition) is 2. The van der Waals surface area contributed by atoms with Crippen molar-refractivity contribution in [3.8, 4) is 0 Å². The lowest BCUT2D eigenvalue weighted by Gasteiger charge is -2.18. The van der Waals surface area contributed by atoms with Gasteiger partial charge in [0, 0.05) is 28.0 Å². The van der Waals surface area contributed by atoms with E-state index in [1.54, 1.807) is 24.4 Å². The Morgan fingerprint density at radius 1 is 1.30 bits per heavy atom. The highest BCUT2D eigenvalue weighted by Gasteiger charge is 2.14. The van der Waals surface area contributed by atoms with Crippen molar-refractivity contribution in [3.05, 3.63) is 40.0 Å². The Kier molecular flexibility index (Phi) is 7.90. The Balaban J connectivity index is 2.21. The van der Waals surface area contributed by atoms with Gasteiger partial charge in [-0.25, -0.2) is 9.78 Å². The first kappa shape index (κ1) is 21.0. The number of hydrogen-bond acceptors (Lipinski definition) is 6. The van der Waals surface area contributed by atoms with Gasteiger partial charge >= 0.3 is 5.97 Å². The summed E-state index contributed by atoms with van der Waals surface area (Å²) in [7, 11) is 1.31. The molecular formula is C18H21BrF2N4O2. The van der Waals surface area contributed by atoms with E-state index in [0.29, 0.717) is 27.5 Å². The second kappa shape index (κ2) is 10.1. The third-order valence-electron chi connectivity index (χ3n) is 3.86. The van der Waals surface area contributed by atoms with Crippen LogP contribution in [0.5, 0.6) is 0 Å². The smallest absolute Gasteiger partial charge is 0.339 e. The van der Waals surface area contributed by atoms with E-state index in [0.717, 1.165) is 5.56 Å². The van der Waals surface area contributed by atoms with Crippen molar-refractivity contribution < 1.29 is 18.3 Å². The Hall–Kier alpha value is -2.29. The first-order chi connectivity index (χ1) is 13.0. The fourth-order valence-electron chi connectivity index (χ4n) is 2.39. The van der Waals surface area contributed by atoms with Crippen LogP contribution in [-0.4, -0.2) is 42.4 Å². The van der Waals surface area contributed by atoms with Crippen LogP contribution in [0, 0.1) is 6.92 Å². The molecule has 27 heavy (non-hydrogen) atoms. The Morgan fingerprint density at radius 3 is 2.63 bits per heavy atom. The molecule has 0 saturated heterocycles. The van der Waals surface area contributed by atoms with E-state index in [1.165, 1.54) is 7.11 Å². The summed E-state index contributed by atoms with van der Waals surface area (Å²) >= 11 is 3.30. The van der Waals surface area contributed by atoms with E-state index in [9.17, 15) is 13.6 Å². The van der Waals surface area contributed by atoms with Gasteiger partial charge in [0.2, 0.25) is 5.95 Å². The maximum atomic E-state index is 12.7. The topological polar surface area (TPSA) is 76.1 Å². The van der Waals surface area contributed by atoms with Gasteiger partial charge in [-0.15, -0.1) is 0 Å². The van der Waals surface area contributed by atoms with Gasteiger partial charge in [-0.3, -0.25) is 8.78 Å². The lowest BCUT2D eigenvalue weighted by Crippen LogP contribution is -2.22. The molecule has 0 amide bonds. The van der Waals surface area contributed by atoms with E-state index in [2.05, 4.69) is 36.5 Å². The van der Waals surface area contributed by atoms with Crippen molar-refractivity contribution in [2.24, 2.45) is 0 Å². The number of nitrogens with one attached hydrogen (secondary N) is 2. The minimum absolute atomic E-state index is 0.200. The first-order valence-electron chi connectivity index (χ1n) is 8.35. The van der Waals surface area contributed by atoms with Crippen molar-refractivity contribution in [1.29, 1.82) is 0 Å². The minimum atomic E-state index is -0.540. The monoisotopic (exact) mass is 442 g/mol. The fourth-order valence-corrected chi connectivity index (χ4v) is 2.80. The summed E-state index contributed by atoms with van der Waals surface area (Å²) in [5.74, 6) is 0.322. The van der Waals surface area contributed by atoms with Gasteiger partial charge in [-0.05, 0) is 53.9 Å². The quantitative estimate of drug-likeness (QED) is 0.553. The number of methoxy groups -OCH3 is 1. The number of carbonyl (C=O) groups is 1. The number of carbonyl (C=O) groups excluding carboxylic acids is 1. The van der Waals surface area contributed by atoms with E-state index >= 15 is 0 Å². The number of rotatable bonds is 9. The van der Waals surface area contributed by atoms with Crippen LogP contribution < -0.4 is 10.6 Å². The van der Waals surface area contributed by atoms with Crippen LogP contribution in [0.4, 0.5) is 26.2 Å². The summed E-state index contributed by atoms with van der Waals surface area (Å²) in [6, 6.07) is 4.73. The first-order valence-corrected chi connectivity index (χ1v) is 9.14. The van der Waals surface area contributed by atoms with Crippen LogP contribution in [0.25, 0.3) is 0 Å². The molecule has 2 aromatic rings. The molecule has 0 aliphatic rings. The van der Waals surface area contributed by atoms with Gasteiger partial charge in [0.05, 0.1) is 26.0 Å². The summed E-state index contributed by atoms with van der Waals surface area (Å²) in [5, 5.41) is 6.09. The molecule has 0 bridgehead atoms. The van der Waals surface area contributed by atoms with Gasteiger partial charge in [0.15, 0.2) is 0 Å². The van der Waals surface area contributed by atoms with Crippen LogP contribution in [0.3, 0.4) is 0 Å². The minimum Gasteiger partial charge on any atom is -0.465 e. The van der Waals surface area contributed by atoms with Crippen molar-refractivity contribution in [1.82, 2.24) is 9.97 Å². The van der Waals surface area contributed by atoms with Gasteiger partial charge in [-0.1, -0.05) is 0 Å². The van der Waals surface area contributed by atoms with Gasteiger partial charge in [-0.2, -0.15) is 4.98 Å². The van der Waals surface area contributed by atoms with Crippen molar-refractivity contribution in [3.63, 3.8) is 0 Å². The number of alkyl halides is 2. The van der Waals surface area contributed by atoms with Crippen LogP contribution in [0.1, 0.15) is 28.8 Å².